The molecule has 0 aliphatic heterocycles. The quantitative estimate of drug-likeness (QED) is 0.700. The summed E-state index contributed by atoms with van der Waals surface area (Å²) in [6.07, 6.45) is 1.44. The molecular formula is C6H7N5O3S. The highest BCUT2D eigenvalue weighted by atomic mass is 32.2. The van der Waals surface area contributed by atoms with E-state index in [0.29, 0.717) is 16.7 Å². The zero-order valence-corrected chi connectivity index (χ0v) is 8.23. The first-order valence-electron chi connectivity index (χ1n) is 3.87. The largest absolute Gasteiger partial charge is 0.333 e. The van der Waals surface area contributed by atoms with E-state index in [1.165, 1.54) is 6.20 Å². The summed E-state index contributed by atoms with van der Waals surface area (Å²) in [5, 5.41) is 14.6. The molecule has 2 rings (SSSR count). The van der Waals surface area contributed by atoms with Gasteiger partial charge in [-0.15, -0.1) is 5.10 Å². The number of hydrogen-bond donors (Lipinski definition) is 2. The van der Waals surface area contributed by atoms with Crippen LogP contribution in [0.1, 0.15) is 5.56 Å². The van der Waals surface area contributed by atoms with Gasteiger partial charge in [0.25, 0.3) is 0 Å². The number of nitrogens with one attached hydrogen (secondary N) is 1. The predicted molar refractivity (Wildman–Crippen MR) is 49.6 cm³/mol. The van der Waals surface area contributed by atoms with Crippen molar-refractivity contribution in [1.29, 1.82) is 0 Å². The predicted octanol–water partition coefficient (Wildman–Crippen LogP) is -0.927. The van der Waals surface area contributed by atoms with E-state index in [1.807, 2.05) is 0 Å². The molecule has 3 N–H and O–H groups in total. The van der Waals surface area contributed by atoms with Gasteiger partial charge in [-0.2, -0.15) is 18.7 Å². The SMILES string of the molecule is NS(=O)(=O)OCc1cnc2n[nH]nc2c1. The lowest BCUT2D eigenvalue weighted by molar-refractivity contribution is 0.308. The van der Waals surface area contributed by atoms with Gasteiger partial charge in [0.2, 0.25) is 5.65 Å². The van der Waals surface area contributed by atoms with E-state index in [2.05, 4.69) is 29.7 Å². The number of H-pyrrole nitrogens is 1. The number of nitrogens with two attached hydrogens (primary N) is 1. The lowest BCUT2D eigenvalue weighted by Gasteiger charge is -1.99. The van der Waals surface area contributed by atoms with Gasteiger partial charge in [-0.3, -0.25) is 4.18 Å². The van der Waals surface area contributed by atoms with E-state index in [9.17, 15) is 8.42 Å². The van der Waals surface area contributed by atoms with E-state index in [0.717, 1.165) is 0 Å². The zero-order chi connectivity index (χ0) is 10.9. The third kappa shape index (κ3) is 2.46. The molecule has 0 saturated heterocycles. The molecule has 0 aromatic carbocycles. The number of hydrogen-bond acceptors (Lipinski definition) is 6. The first kappa shape index (κ1) is 9.96. The van der Waals surface area contributed by atoms with Crippen molar-refractivity contribution in [2.24, 2.45) is 5.14 Å². The minimum atomic E-state index is -3.93. The maximum atomic E-state index is 10.5. The van der Waals surface area contributed by atoms with Crippen LogP contribution in [0.15, 0.2) is 12.3 Å². The fraction of sp³-hybridized carbons (Fsp3) is 0.167. The van der Waals surface area contributed by atoms with E-state index in [1.54, 1.807) is 6.07 Å². The molecule has 9 heteroatoms. The van der Waals surface area contributed by atoms with E-state index in [-0.39, 0.29) is 6.61 Å². The summed E-state index contributed by atoms with van der Waals surface area (Å²) in [5.74, 6) is 0. The second-order valence-corrected chi connectivity index (χ2v) is 3.99. The topological polar surface area (TPSA) is 124 Å². The first-order valence-corrected chi connectivity index (χ1v) is 5.34. The molecular weight excluding hydrogens is 222 g/mol. The van der Waals surface area contributed by atoms with Crippen molar-refractivity contribution in [3.05, 3.63) is 17.8 Å². The van der Waals surface area contributed by atoms with Crippen LogP contribution in [0, 0.1) is 0 Å². The molecule has 0 bridgehead atoms. The fourth-order valence-corrected chi connectivity index (χ4v) is 1.31. The molecule has 0 spiro atoms. The van der Waals surface area contributed by atoms with Gasteiger partial charge in [0.05, 0.1) is 6.61 Å². The molecule has 2 heterocycles. The summed E-state index contributed by atoms with van der Waals surface area (Å²) in [4.78, 5) is 3.92. The summed E-state index contributed by atoms with van der Waals surface area (Å²) < 4.78 is 25.4. The zero-order valence-electron chi connectivity index (χ0n) is 7.41. The Labute approximate surface area is 84.7 Å². The molecule has 0 amide bonds. The van der Waals surface area contributed by atoms with Crippen molar-refractivity contribution in [3.8, 4) is 0 Å². The van der Waals surface area contributed by atoms with Gasteiger partial charge >= 0.3 is 10.3 Å². The fourth-order valence-electron chi connectivity index (χ4n) is 1.01. The highest BCUT2D eigenvalue weighted by Gasteiger charge is 2.05. The number of aromatic amines is 1. The molecule has 0 radical (unpaired) electrons. The average molecular weight is 229 g/mol. The summed E-state index contributed by atoms with van der Waals surface area (Å²) in [6, 6.07) is 1.61. The molecule has 8 nitrogen and oxygen atoms in total. The van der Waals surface area contributed by atoms with Gasteiger partial charge < -0.3 is 0 Å². The van der Waals surface area contributed by atoms with Gasteiger partial charge in [0.1, 0.15) is 5.52 Å². The summed E-state index contributed by atoms with van der Waals surface area (Å²) in [5.41, 5.74) is 1.53. The van der Waals surface area contributed by atoms with Gasteiger partial charge in [-0.25, -0.2) is 10.1 Å². The Balaban J connectivity index is 2.21. The number of aromatic nitrogens is 4. The van der Waals surface area contributed by atoms with Crippen LogP contribution in [0.4, 0.5) is 0 Å². The lowest BCUT2D eigenvalue weighted by atomic mass is 10.3. The van der Waals surface area contributed by atoms with Crippen LogP contribution < -0.4 is 5.14 Å². The van der Waals surface area contributed by atoms with Crippen molar-refractivity contribution >= 4 is 21.5 Å². The van der Waals surface area contributed by atoms with Crippen LogP contribution >= 0.6 is 0 Å². The molecule has 0 unspecified atom stereocenters. The minimum absolute atomic E-state index is 0.172. The Morgan fingerprint density at radius 3 is 3.00 bits per heavy atom. The highest BCUT2D eigenvalue weighted by molar-refractivity contribution is 7.84. The van der Waals surface area contributed by atoms with Crippen molar-refractivity contribution in [2.75, 3.05) is 0 Å². The van der Waals surface area contributed by atoms with Crippen LogP contribution in [0.3, 0.4) is 0 Å². The first-order chi connectivity index (χ1) is 7.04. The number of rotatable bonds is 3. The molecule has 2 aromatic rings. The van der Waals surface area contributed by atoms with Crippen LogP contribution in [0.2, 0.25) is 0 Å². The molecule has 0 fully saturated rings. The Morgan fingerprint density at radius 1 is 1.47 bits per heavy atom. The molecule has 0 atom stereocenters. The van der Waals surface area contributed by atoms with Crippen molar-refractivity contribution in [2.45, 2.75) is 6.61 Å². The second-order valence-electron chi connectivity index (χ2n) is 2.76. The number of nitrogens with zero attached hydrogens (tertiary/aromatic N) is 3. The number of pyridine rings is 1. The Kier molecular flexibility index (Phi) is 2.34. The van der Waals surface area contributed by atoms with Crippen LogP contribution in [0.5, 0.6) is 0 Å². The molecule has 0 saturated carbocycles. The van der Waals surface area contributed by atoms with Crippen molar-refractivity contribution in [1.82, 2.24) is 20.4 Å². The Hall–Kier alpha value is -1.58. The van der Waals surface area contributed by atoms with Gasteiger partial charge in [-0.05, 0) is 11.6 Å². The lowest BCUT2D eigenvalue weighted by Crippen LogP contribution is -2.15. The second kappa shape index (κ2) is 3.53. The molecule has 80 valence electrons. The standard InChI is InChI=1S/C6H7N5O3S/c7-15(12,13)14-3-4-1-5-6(8-2-4)10-11-9-5/h1-2H,3H2,(H2,7,12,13)(H,8,9,10,11). The van der Waals surface area contributed by atoms with Crippen molar-refractivity contribution in [3.63, 3.8) is 0 Å². The molecule has 0 aliphatic carbocycles. The normalized spacial score (nSPS) is 12.1. The maximum Gasteiger partial charge on any atom is 0.333 e. The summed E-state index contributed by atoms with van der Waals surface area (Å²) in [7, 11) is -3.93. The highest BCUT2D eigenvalue weighted by Crippen LogP contribution is 2.08. The van der Waals surface area contributed by atoms with Gasteiger partial charge in [0, 0.05) is 6.20 Å². The van der Waals surface area contributed by atoms with Gasteiger partial charge in [-0.1, -0.05) is 0 Å². The van der Waals surface area contributed by atoms with Crippen LogP contribution in [-0.2, 0) is 21.1 Å². The molecule has 0 aliphatic rings. The maximum absolute atomic E-state index is 10.5. The third-order valence-electron chi connectivity index (χ3n) is 1.62. The van der Waals surface area contributed by atoms with Crippen molar-refractivity contribution < 1.29 is 12.6 Å². The third-order valence-corrected chi connectivity index (χ3v) is 2.07. The Morgan fingerprint density at radius 2 is 2.27 bits per heavy atom. The molecule has 2 aromatic heterocycles. The minimum Gasteiger partial charge on any atom is -0.253 e. The smallest absolute Gasteiger partial charge is 0.253 e. The van der Waals surface area contributed by atoms with Gasteiger partial charge in [0.15, 0.2) is 0 Å². The summed E-state index contributed by atoms with van der Waals surface area (Å²) >= 11 is 0. The monoisotopic (exact) mass is 229 g/mol. The van der Waals surface area contributed by atoms with Crippen LogP contribution in [-0.4, -0.2) is 28.8 Å². The van der Waals surface area contributed by atoms with Crippen LogP contribution in [0.25, 0.3) is 11.2 Å². The Bertz CT molecular complexity index is 577. The summed E-state index contributed by atoms with van der Waals surface area (Å²) in [6.45, 7) is -0.172. The number of fused-ring (bicyclic) bond motifs is 1. The van der Waals surface area contributed by atoms with E-state index in [4.69, 9.17) is 0 Å². The average Bonchev–Trinajstić information content (AvgIpc) is 2.60. The van der Waals surface area contributed by atoms with E-state index < -0.39 is 10.3 Å². The van der Waals surface area contributed by atoms with E-state index >= 15 is 0 Å². The molecule has 15 heavy (non-hydrogen) atoms.